The maximum absolute atomic E-state index is 11.5. The SMILES string of the molecule is O=C(O)C1(CCC[Si](Cl)(Cl)Cl)CC2C=CC1C2. The van der Waals surface area contributed by atoms with Crippen molar-refractivity contribution in [2.75, 3.05) is 0 Å². The predicted molar refractivity (Wildman–Crippen MR) is 72.8 cm³/mol. The fourth-order valence-corrected chi connectivity index (χ4v) is 4.98. The van der Waals surface area contributed by atoms with Gasteiger partial charge in [-0.3, -0.25) is 4.79 Å². The van der Waals surface area contributed by atoms with E-state index < -0.39 is 17.4 Å². The maximum Gasteiger partial charge on any atom is 0.341 e. The third-order valence-corrected chi connectivity index (χ3v) is 6.64. The summed E-state index contributed by atoms with van der Waals surface area (Å²) in [6.45, 7) is 0. The number of fused-ring (bicyclic) bond motifs is 2. The van der Waals surface area contributed by atoms with E-state index in [2.05, 4.69) is 12.2 Å². The third kappa shape index (κ3) is 2.83. The van der Waals surface area contributed by atoms with E-state index in [0.717, 1.165) is 12.8 Å². The van der Waals surface area contributed by atoms with Crippen molar-refractivity contribution in [2.45, 2.75) is 31.7 Å². The van der Waals surface area contributed by atoms with Gasteiger partial charge in [-0.15, -0.1) is 33.2 Å². The normalized spacial score (nSPS) is 35.5. The van der Waals surface area contributed by atoms with Crippen LogP contribution in [0.2, 0.25) is 6.04 Å². The van der Waals surface area contributed by atoms with Crippen molar-refractivity contribution < 1.29 is 9.90 Å². The molecule has 2 rings (SSSR count). The molecule has 2 nitrogen and oxygen atoms in total. The minimum atomic E-state index is -2.61. The highest BCUT2D eigenvalue weighted by atomic mass is 35.8. The predicted octanol–water partition coefficient (Wildman–Crippen LogP) is 4.09. The molecule has 0 amide bonds. The summed E-state index contributed by atoms with van der Waals surface area (Å²) in [6, 6.07) is -2.06. The van der Waals surface area contributed by atoms with Crippen molar-refractivity contribution in [1.82, 2.24) is 0 Å². The molecule has 0 radical (unpaired) electrons. The lowest BCUT2D eigenvalue weighted by atomic mass is 9.72. The van der Waals surface area contributed by atoms with Crippen molar-refractivity contribution in [3.05, 3.63) is 12.2 Å². The van der Waals surface area contributed by atoms with Gasteiger partial charge < -0.3 is 5.11 Å². The molecule has 3 unspecified atom stereocenters. The average molecular weight is 314 g/mol. The molecule has 0 aliphatic heterocycles. The van der Waals surface area contributed by atoms with Crippen LogP contribution in [0.15, 0.2) is 12.2 Å². The first-order valence-electron chi connectivity index (χ1n) is 5.82. The minimum Gasteiger partial charge on any atom is -0.481 e. The lowest BCUT2D eigenvalue weighted by molar-refractivity contribution is -0.151. The van der Waals surface area contributed by atoms with Crippen LogP contribution in [0.4, 0.5) is 0 Å². The number of hydrogen-bond acceptors (Lipinski definition) is 1. The molecular weight excluding hydrogens is 299 g/mol. The Labute approximate surface area is 116 Å². The molecule has 1 fully saturated rings. The molecule has 96 valence electrons. The number of carbonyl (C=O) groups is 1. The van der Waals surface area contributed by atoms with Gasteiger partial charge in [0.1, 0.15) is 0 Å². The highest BCUT2D eigenvalue weighted by Crippen LogP contribution is 2.55. The van der Waals surface area contributed by atoms with E-state index in [1.807, 2.05) is 0 Å². The van der Waals surface area contributed by atoms with Crippen LogP contribution in [-0.2, 0) is 4.79 Å². The maximum atomic E-state index is 11.5. The van der Waals surface area contributed by atoms with E-state index in [1.54, 1.807) is 0 Å². The number of halogens is 3. The van der Waals surface area contributed by atoms with Crippen molar-refractivity contribution in [1.29, 1.82) is 0 Å². The molecule has 0 aromatic heterocycles. The van der Waals surface area contributed by atoms with E-state index in [9.17, 15) is 9.90 Å². The number of carboxylic acid groups (broad SMARTS) is 1. The standard InChI is InChI=1S/C11H15Cl3O2Si/c12-17(13,14)5-1-4-11(10(15)16)7-8-2-3-9(11)6-8/h2-3,8-9H,1,4-7H2,(H,15,16). The van der Waals surface area contributed by atoms with Crippen LogP contribution in [0.5, 0.6) is 0 Å². The molecule has 2 aliphatic rings. The second kappa shape index (κ2) is 4.76. The summed E-state index contributed by atoms with van der Waals surface area (Å²) in [4.78, 5) is 11.5. The van der Waals surface area contributed by atoms with Crippen LogP contribution in [0, 0.1) is 17.3 Å². The summed E-state index contributed by atoms with van der Waals surface area (Å²) in [5.74, 6) is -0.0523. The van der Waals surface area contributed by atoms with E-state index in [-0.39, 0.29) is 5.92 Å². The Balaban J connectivity index is 2.00. The zero-order chi connectivity index (χ0) is 12.7. The fourth-order valence-electron chi connectivity index (χ4n) is 3.20. The van der Waals surface area contributed by atoms with Crippen LogP contribution in [0.25, 0.3) is 0 Å². The summed E-state index contributed by atoms with van der Waals surface area (Å²) >= 11 is 17.5. The van der Waals surface area contributed by atoms with Gasteiger partial charge in [0.15, 0.2) is 0 Å². The fraction of sp³-hybridized carbons (Fsp3) is 0.727. The highest BCUT2D eigenvalue weighted by molar-refractivity contribution is 7.64. The Morgan fingerprint density at radius 3 is 2.53 bits per heavy atom. The molecule has 6 heteroatoms. The molecule has 17 heavy (non-hydrogen) atoms. The molecule has 2 bridgehead atoms. The van der Waals surface area contributed by atoms with Crippen LogP contribution in [0.3, 0.4) is 0 Å². The van der Waals surface area contributed by atoms with E-state index in [4.69, 9.17) is 33.2 Å². The van der Waals surface area contributed by atoms with Crippen molar-refractivity contribution >= 4 is 45.2 Å². The van der Waals surface area contributed by atoms with Gasteiger partial charge in [-0.05, 0) is 37.1 Å². The van der Waals surface area contributed by atoms with Gasteiger partial charge in [0.05, 0.1) is 5.41 Å². The van der Waals surface area contributed by atoms with Gasteiger partial charge in [-0.1, -0.05) is 18.6 Å². The van der Waals surface area contributed by atoms with E-state index in [1.165, 1.54) is 0 Å². The number of aliphatic carboxylic acids is 1. The lowest BCUT2D eigenvalue weighted by Crippen LogP contribution is -2.35. The van der Waals surface area contributed by atoms with Crippen LogP contribution in [-0.4, -0.2) is 17.1 Å². The molecule has 0 saturated heterocycles. The minimum absolute atomic E-state index is 0.182. The Hall–Kier alpha value is 0.297. The largest absolute Gasteiger partial charge is 0.481 e. The molecule has 0 aromatic rings. The Morgan fingerprint density at radius 1 is 1.41 bits per heavy atom. The van der Waals surface area contributed by atoms with Gasteiger partial charge in [0.25, 0.3) is 0 Å². The molecule has 3 atom stereocenters. The molecule has 1 saturated carbocycles. The van der Waals surface area contributed by atoms with Crippen LogP contribution in [0.1, 0.15) is 25.7 Å². The van der Waals surface area contributed by atoms with Crippen molar-refractivity contribution in [3.8, 4) is 0 Å². The number of allylic oxidation sites excluding steroid dienone is 2. The average Bonchev–Trinajstić information content (AvgIpc) is 2.75. The van der Waals surface area contributed by atoms with E-state index >= 15 is 0 Å². The second-order valence-corrected chi connectivity index (χ2v) is 14.4. The smallest absolute Gasteiger partial charge is 0.341 e. The van der Waals surface area contributed by atoms with Gasteiger partial charge >= 0.3 is 12.0 Å². The van der Waals surface area contributed by atoms with Gasteiger partial charge in [0.2, 0.25) is 0 Å². The van der Waals surface area contributed by atoms with Gasteiger partial charge in [0, 0.05) is 0 Å². The molecule has 0 heterocycles. The molecule has 1 N–H and O–H groups in total. The zero-order valence-electron chi connectivity index (χ0n) is 9.33. The quantitative estimate of drug-likeness (QED) is 0.471. The topological polar surface area (TPSA) is 37.3 Å². The zero-order valence-corrected chi connectivity index (χ0v) is 12.6. The third-order valence-electron chi connectivity index (χ3n) is 4.02. The second-order valence-electron chi connectivity index (χ2n) is 5.12. The molecule has 2 aliphatic carbocycles. The molecule has 0 spiro atoms. The molecule has 0 aromatic carbocycles. The summed E-state index contributed by atoms with van der Waals surface area (Å²) < 4.78 is 0. The Morgan fingerprint density at radius 2 is 2.12 bits per heavy atom. The number of carboxylic acids is 1. The van der Waals surface area contributed by atoms with E-state index in [0.29, 0.717) is 24.8 Å². The van der Waals surface area contributed by atoms with Gasteiger partial charge in [-0.25, -0.2) is 0 Å². The highest BCUT2D eigenvalue weighted by Gasteiger charge is 2.53. The Kier molecular flexibility index (Phi) is 3.84. The summed E-state index contributed by atoms with van der Waals surface area (Å²) in [5.41, 5.74) is -0.594. The van der Waals surface area contributed by atoms with Crippen molar-refractivity contribution in [2.24, 2.45) is 17.3 Å². The summed E-state index contributed by atoms with van der Waals surface area (Å²) in [7, 11) is 0. The number of rotatable bonds is 5. The number of hydrogen-bond donors (Lipinski definition) is 1. The van der Waals surface area contributed by atoms with Crippen LogP contribution < -0.4 is 0 Å². The first-order chi connectivity index (χ1) is 7.83. The first kappa shape index (κ1) is 13.7. The van der Waals surface area contributed by atoms with Gasteiger partial charge in [-0.2, -0.15) is 0 Å². The lowest BCUT2D eigenvalue weighted by Gasteiger charge is -2.31. The monoisotopic (exact) mass is 312 g/mol. The summed E-state index contributed by atoms with van der Waals surface area (Å²) in [5, 5.41) is 9.49. The summed E-state index contributed by atoms with van der Waals surface area (Å²) in [6.07, 6.45) is 7.29. The Bertz CT molecular complexity index is 353. The first-order valence-corrected chi connectivity index (χ1v) is 11.1. The van der Waals surface area contributed by atoms with Crippen molar-refractivity contribution in [3.63, 3.8) is 0 Å². The van der Waals surface area contributed by atoms with Crippen LogP contribution >= 0.6 is 33.2 Å². The molecular formula is C11H15Cl3O2Si.